The molecule has 0 radical (unpaired) electrons. The Hall–Kier alpha value is 0.140. The monoisotopic (exact) mass is 205 g/mol. The average Bonchev–Trinajstić information content (AvgIpc) is 1.81. The lowest BCUT2D eigenvalue weighted by Gasteiger charge is -2.10. The maximum atomic E-state index is 10.3. The molecule has 1 amide bonds. The molecule has 60 valence electrons. The van der Waals surface area contributed by atoms with Crippen molar-refractivity contribution < 1.29 is 9.53 Å². The Morgan fingerprint density at radius 3 is 2.40 bits per heavy atom. The Morgan fingerprint density at radius 1 is 1.60 bits per heavy atom. The molecule has 1 N–H and O–H groups in total. The van der Waals surface area contributed by atoms with Crippen molar-refractivity contribution in [1.29, 1.82) is 0 Å². The number of carbonyl (C=O) groups is 1. The van der Waals surface area contributed by atoms with E-state index in [9.17, 15) is 4.79 Å². The van der Waals surface area contributed by atoms with Gasteiger partial charge in [-0.15, -0.1) is 0 Å². The van der Waals surface area contributed by atoms with E-state index in [2.05, 4.69) is 10.1 Å². The molecule has 0 heterocycles. The van der Waals surface area contributed by atoms with Crippen molar-refractivity contribution in [2.45, 2.75) is 3.79 Å². The summed E-state index contributed by atoms with van der Waals surface area (Å²) in [5.74, 6) is 0. The molecule has 10 heavy (non-hydrogen) atoms. The number of carbonyl (C=O) groups excluding carboxylic acids is 1. The van der Waals surface area contributed by atoms with Crippen LogP contribution in [-0.2, 0) is 4.74 Å². The van der Waals surface area contributed by atoms with Gasteiger partial charge in [-0.25, -0.2) is 4.79 Å². The van der Waals surface area contributed by atoms with E-state index < -0.39 is 9.89 Å². The molecule has 0 fully saturated rings. The summed E-state index contributed by atoms with van der Waals surface area (Å²) in [4.78, 5) is 10.3. The number of hydrogen-bond donors (Lipinski definition) is 1. The van der Waals surface area contributed by atoms with Crippen LogP contribution in [0.4, 0.5) is 4.79 Å². The van der Waals surface area contributed by atoms with Gasteiger partial charge in [0.05, 0.1) is 13.7 Å². The number of halogens is 3. The van der Waals surface area contributed by atoms with Gasteiger partial charge in [-0.2, -0.15) is 0 Å². The zero-order chi connectivity index (χ0) is 8.20. The predicted molar refractivity (Wildman–Crippen MR) is 40.7 cm³/mol. The zero-order valence-electron chi connectivity index (χ0n) is 5.16. The third-order valence-electron chi connectivity index (χ3n) is 0.619. The molecule has 3 nitrogen and oxygen atoms in total. The Kier molecular flexibility index (Phi) is 4.17. The quantitative estimate of drug-likeness (QED) is 0.663. The minimum atomic E-state index is -1.46. The Bertz CT molecular complexity index is 122. The molecule has 0 rings (SSSR count). The van der Waals surface area contributed by atoms with E-state index in [0.717, 1.165) is 0 Å². The van der Waals surface area contributed by atoms with Gasteiger partial charge in [0.2, 0.25) is 3.79 Å². The van der Waals surface area contributed by atoms with E-state index in [1.54, 1.807) is 0 Å². The van der Waals surface area contributed by atoms with Crippen molar-refractivity contribution in [2.24, 2.45) is 0 Å². The minimum Gasteiger partial charge on any atom is -0.453 e. The molecule has 0 aromatic heterocycles. The summed E-state index contributed by atoms with van der Waals surface area (Å²) in [7, 11) is 1.23. The Labute approximate surface area is 73.6 Å². The first kappa shape index (κ1) is 10.1. The lowest BCUT2D eigenvalue weighted by molar-refractivity contribution is 0.171. The molecule has 0 spiro atoms. The van der Waals surface area contributed by atoms with Crippen molar-refractivity contribution in [3.8, 4) is 0 Å². The van der Waals surface area contributed by atoms with E-state index in [0.29, 0.717) is 0 Å². The van der Waals surface area contributed by atoms with Crippen LogP contribution < -0.4 is 5.32 Å². The molecule has 0 aliphatic carbocycles. The number of amides is 1. The van der Waals surface area contributed by atoms with E-state index in [4.69, 9.17) is 34.8 Å². The molecule has 0 atom stereocenters. The number of methoxy groups -OCH3 is 1. The van der Waals surface area contributed by atoms with Gasteiger partial charge in [0.15, 0.2) is 0 Å². The van der Waals surface area contributed by atoms with Crippen molar-refractivity contribution in [1.82, 2.24) is 5.32 Å². The van der Waals surface area contributed by atoms with E-state index in [-0.39, 0.29) is 6.54 Å². The maximum absolute atomic E-state index is 10.3. The number of rotatable bonds is 1. The van der Waals surface area contributed by atoms with Crippen LogP contribution in [-0.4, -0.2) is 23.5 Å². The fraction of sp³-hybridized carbons (Fsp3) is 0.750. The number of nitrogens with one attached hydrogen (secondary N) is 1. The maximum Gasteiger partial charge on any atom is 0.406 e. The second-order valence-electron chi connectivity index (χ2n) is 1.46. The molecule has 0 saturated carbocycles. The highest BCUT2D eigenvalue weighted by molar-refractivity contribution is 6.67. The Morgan fingerprint density at radius 2 is 2.10 bits per heavy atom. The highest BCUT2D eigenvalue weighted by atomic mass is 35.6. The number of hydrogen-bond acceptors (Lipinski definition) is 2. The van der Waals surface area contributed by atoms with Crippen molar-refractivity contribution in [3.63, 3.8) is 0 Å². The van der Waals surface area contributed by atoms with Gasteiger partial charge in [0.1, 0.15) is 0 Å². The molecule has 0 saturated heterocycles. The molecule has 0 aliphatic heterocycles. The van der Waals surface area contributed by atoms with Crippen LogP contribution in [0.3, 0.4) is 0 Å². The topological polar surface area (TPSA) is 38.3 Å². The summed E-state index contributed by atoms with van der Waals surface area (Å²) in [6.07, 6.45) is -0.619. The van der Waals surface area contributed by atoms with Crippen LogP contribution in [0.15, 0.2) is 0 Å². The highest BCUT2D eigenvalue weighted by Crippen LogP contribution is 2.24. The zero-order valence-corrected chi connectivity index (χ0v) is 7.43. The van der Waals surface area contributed by atoms with Crippen LogP contribution in [0.25, 0.3) is 0 Å². The Balaban J connectivity index is 3.46. The lowest BCUT2D eigenvalue weighted by atomic mass is 10.7. The molecule has 0 aromatic rings. The fourth-order valence-corrected chi connectivity index (χ4v) is 0.445. The van der Waals surface area contributed by atoms with E-state index in [1.165, 1.54) is 7.11 Å². The molecule has 0 bridgehead atoms. The van der Waals surface area contributed by atoms with Crippen LogP contribution in [0.5, 0.6) is 0 Å². The highest BCUT2D eigenvalue weighted by Gasteiger charge is 2.20. The van der Waals surface area contributed by atoms with Crippen LogP contribution in [0.2, 0.25) is 0 Å². The summed E-state index contributed by atoms with van der Waals surface area (Å²) in [6.45, 7) is -0.0651. The molecule has 0 aliphatic rings. The molecular weight excluding hydrogens is 200 g/mol. The first-order valence-corrected chi connectivity index (χ1v) is 3.47. The van der Waals surface area contributed by atoms with E-state index in [1.807, 2.05) is 0 Å². The second kappa shape index (κ2) is 4.11. The predicted octanol–water partition coefficient (Wildman–Crippen LogP) is 1.71. The SMILES string of the molecule is COC(=O)NCC(Cl)(Cl)Cl. The van der Waals surface area contributed by atoms with Gasteiger partial charge >= 0.3 is 6.09 Å². The van der Waals surface area contributed by atoms with Crippen LogP contribution >= 0.6 is 34.8 Å². The summed E-state index contributed by atoms with van der Waals surface area (Å²) in [6, 6.07) is 0. The second-order valence-corrected chi connectivity index (χ2v) is 3.98. The molecule has 6 heteroatoms. The summed E-state index contributed by atoms with van der Waals surface area (Å²) in [5, 5.41) is 2.22. The summed E-state index contributed by atoms with van der Waals surface area (Å²) < 4.78 is 2.76. The first-order chi connectivity index (χ1) is 4.45. The van der Waals surface area contributed by atoms with Crippen LogP contribution in [0, 0.1) is 0 Å². The average molecular weight is 206 g/mol. The number of ether oxygens (including phenoxy) is 1. The standard InChI is InChI=1S/C4H6Cl3NO2/c1-10-3(9)8-2-4(5,6)7/h2H2,1H3,(H,8,9). The molecule has 0 aromatic carbocycles. The smallest absolute Gasteiger partial charge is 0.406 e. The lowest BCUT2D eigenvalue weighted by Crippen LogP contribution is -2.31. The number of alkyl carbamates (subject to hydrolysis) is 1. The van der Waals surface area contributed by atoms with Crippen molar-refractivity contribution >= 4 is 40.9 Å². The fourth-order valence-electron chi connectivity index (χ4n) is 0.245. The van der Waals surface area contributed by atoms with Gasteiger partial charge < -0.3 is 10.1 Å². The van der Waals surface area contributed by atoms with Crippen LogP contribution in [0.1, 0.15) is 0 Å². The number of alkyl halides is 3. The summed E-state index contributed by atoms with van der Waals surface area (Å²) >= 11 is 15.9. The largest absolute Gasteiger partial charge is 0.453 e. The first-order valence-electron chi connectivity index (χ1n) is 2.34. The van der Waals surface area contributed by atoms with Gasteiger partial charge in [0, 0.05) is 0 Å². The summed E-state index contributed by atoms with van der Waals surface area (Å²) in [5.41, 5.74) is 0. The van der Waals surface area contributed by atoms with Crippen molar-refractivity contribution in [2.75, 3.05) is 13.7 Å². The van der Waals surface area contributed by atoms with E-state index >= 15 is 0 Å². The van der Waals surface area contributed by atoms with Gasteiger partial charge in [-0.05, 0) is 0 Å². The van der Waals surface area contributed by atoms with Crippen molar-refractivity contribution in [3.05, 3.63) is 0 Å². The van der Waals surface area contributed by atoms with Gasteiger partial charge in [-0.1, -0.05) is 34.8 Å². The molecular formula is C4H6Cl3NO2. The normalized spacial score (nSPS) is 10.8. The van der Waals surface area contributed by atoms with Gasteiger partial charge in [0.25, 0.3) is 0 Å². The minimum absolute atomic E-state index is 0.0651. The third-order valence-corrected chi connectivity index (χ3v) is 1.02. The van der Waals surface area contributed by atoms with Gasteiger partial charge in [-0.3, -0.25) is 0 Å². The third kappa shape index (κ3) is 6.26. The molecule has 0 unspecified atom stereocenters.